The van der Waals surface area contributed by atoms with E-state index >= 15 is 0 Å². The van der Waals surface area contributed by atoms with E-state index in [4.69, 9.17) is 5.73 Å². The van der Waals surface area contributed by atoms with Crippen molar-refractivity contribution in [3.8, 4) is 0 Å². The normalized spacial score (nSPS) is 17.4. The molecule has 0 unspecified atom stereocenters. The lowest BCUT2D eigenvalue weighted by Gasteiger charge is -2.17. The summed E-state index contributed by atoms with van der Waals surface area (Å²) in [5.41, 5.74) is 6.65. The van der Waals surface area contributed by atoms with Crippen LogP contribution in [0.4, 0.5) is 10.1 Å². The average Bonchev–Trinajstić information content (AvgIpc) is 2.36. The summed E-state index contributed by atoms with van der Waals surface area (Å²) in [6, 6.07) is 3.21. The summed E-state index contributed by atoms with van der Waals surface area (Å²) in [4.78, 5) is 4.42. The Kier molecular flexibility index (Phi) is 4.75. The third-order valence-corrected chi connectivity index (χ3v) is 3.87. The second-order valence-corrected chi connectivity index (χ2v) is 5.76. The highest BCUT2D eigenvalue weighted by atomic mass is 79.9. The molecule has 98 valence electrons. The van der Waals surface area contributed by atoms with E-state index in [1.807, 2.05) is 12.3 Å². The van der Waals surface area contributed by atoms with Gasteiger partial charge in [0.25, 0.3) is 0 Å². The molecule has 0 aliphatic heterocycles. The van der Waals surface area contributed by atoms with Gasteiger partial charge in [0.15, 0.2) is 0 Å². The van der Waals surface area contributed by atoms with Gasteiger partial charge in [0.1, 0.15) is 5.82 Å². The number of nitrogen functional groups attached to an aromatic ring is 1. The van der Waals surface area contributed by atoms with Crippen LogP contribution in [-0.2, 0) is 6.54 Å². The largest absolute Gasteiger partial charge is 0.396 e. The fourth-order valence-electron chi connectivity index (χ4n) is 2.35. The molecule has 1 aliphatic carbocycles. The van der Waals surface area contributed by atoms with Crippen molar-refractivity contribution in [3.63, 3.8) is 0 Å². The van der Waals surface area contributed by atoms with E-state index in [9.17, 15) is 4.39 Å². The second-order valence-electron chi connectivity index (χ2n) is 4.85. The van der Waals surface area contributed by atoms with Gasteiger partial charge in [-0.05, 0) is 30.9 Å². The molecule has 1 aromatic rings. The molecule has 0 saturated heterocycles. The average molecular weight is 313 g/mol. The highest BCUT2D eigenvalue weighted by Crippen LogP contribution is 2.24. The minimum absolute atomic E-state index is 0.207. The van der Waals surface area contributed by atoms with Crippen molar-refractivity contribution in [2.45, 2.75) is 38.6 Å². The summed E-state index contributed by atoms with van der Waals surface area (Å²) < 4.78 is 14.1. The molecule has 0 spiro atoms. The fraction of sp³-hybridized carbons (Fsp3) is 0.500. The van der Waals surface area contributed by atoms with Crippen LogP contribution in [0, 0.1) is 11.7 Å². The number of aliphatic imine (C=N–C) groups is 1. The van der Waals surface area contributed by atoms with Crippen LogP contribution in [0.1, 0.15) is 37.7 Å². The predicted molar refractivity (Wildman–Crippen MR) is 77.3 cm³/mol. The van der Waals surface area contributed by atoms with Gasteiger partial charge in [-0.3, -0.25) is 4.99 Å². The summed E-state index contributed by atoms with van der Waals surface area (Å²) in [5, 5.41) is 0. The summed E-state index contributed by atoms with van der Waals surface area (Å²) in [6.07, 6.45) is 8.41. The number of rotatable bonds is 3. The molecule has 2 N–H and O–H groups in total. The van der Waals surface area contributed by atoms with Gasteiger partial charge in [0.2, 0.25) is 0 Å². The van der Waals surface area contributed by atoms with Crippen LogP contribution in [0.5, 0.6) is 0 Å². The van der Waals surface area contributed by atoms with E-state index in [1.165, 1.54) is 38.2 Å². The molecule has 18 heavy (non-hydrogen) atoms. The Bertz CT molecular complexity index is 440. The molecule has 0 amide bonds. The van der Waals surface area contributed by atoms with Gasteiger partial charge < -0.3 is 5.73 Å². The third kappa shape index (κ3) is 3.55. The second kappa shape index (κ2) is 6.32. The van der Waals surface area contributed by atoms with Gasteiger partial charge in [-0.1, -0.05) is 35.2 Å². The molecular formula is C14H18BrFN2. The summed E-state index contributed by atoms with van der Waals surface area (Å²) in [5.74, 6) is 0.212. The van der Waals surface area contributed by atoms with E-state index in [-0.39, 0.29) is 11.5 Å². The van der Waals surface area contributed by atoms with Crippen LogP contribution in [0.15, 0.2) is 21.6 Å². The Morgan fingerprint density at radius 3 is 2.78 bits per heavy atom. The maximum atomic E-state index is 13.4. The summed E-state index contributed by atoms with van der Waals surface area (Å²) in [6.45, 7) is 0.457. The molecule has 2 rings (SSSR count). The quantitative estimate of drug-likeness (QED) is 0.655. The first-order valence-corrected chi connectivity index (χ1v) is 7.19. The monoisotopic (exact) mass is 312 g/mol. The Labute approximate surface area is 116 Å². The van der Waals surface area contributed by atoms with Gasteiger partial charge in [0, 0.05) is 16.3 Å². The standard InChI is InChI=1S/C14H18BrFN2/c15-12-6-11(14(17)13(16)7-12)9-18-8-10-4-2-1-3-5-10/h6-8,10H,1-5,9,17H2. The highest BCUT2D eigenvalue weighted by Gasteiger charge is 2.11. The number of nitrogens with zero attached hydrogens (tertiary/aromatic N) is 1. The van der Waals surface area contributed by atoms with E-state index in [2.05, 4.69) is 20.9 Å². The number of anilines is 1. The van der Waals surface area contributed by atoms with Gasteiger partial charge >= 0.3 is 0 Å². The van der Waals surface area contributed by atoms with Gasteiger partial charge in [-0.25, -0.2) is 4.39 Å². The van der Waals surface area contributed by atoms with E-state index in [0.29, 0.717) is 16.9 Å². The van der Waals surface area contributed by atoms with Crippen molar-refractivity contribution in [2.75, 3.05) is 5.73 Å². The van der Waals surface area contributed by atoms with Crippen molar-refractivity contribution in [2.24, 2.45) is 10.9 Å². The predicted octanol–water partition coefficient (Wildman–Crippen LogP) is 4.32. The minimum atomic E-state index is -0.382. The molecule has 0 atom stereocenters. The molecule has 0 aromatic heterocycles. The number of nitrogens with two attached hydrogens (primary N) is 1. The first-order valence-electron chi connectivity index (χ1n) is 6.40. The minimum Gasteiger partial charge on any atom is -0.396 e. The molecule has 4 heteroatoms. The molecule has 2 nitrogen and oxygen atoms in total. The van der Waals surface area contributed by atoms with Crippen LogP contribution in [0.25, 0.3) is 0 Å². The Hall–Kier alpha value is -0.900. The van der Waals surface area contributed by atoms with Crippen LogP contribution in [0.3, 0.4) is 0 Å². The molecular weight excluding hydrogens is 295 g/mol. The van der Waals surface area contributed by atoms with Crippen molar-refractivity contribution in [1.29, 1.82) is 0 Å². The lowest BCUT2D eigenvalue weighted by Crippen LogP contribution is -2.07. The molecule has 1 aliphatic rings. The van der Waals surface area contributed by atoms with Crippen LogP contribution in [0.2, 0.25) is 0 Å². The van der Waals surface area contributed by atoms with E-state index in [1.54, 1.807) is 0 Å². The van der Waals surface area contributed by atoms with Gasteiger partial charge in [-0.15, -0.1) is 0 Å². The number of hydrogen-bond donors (Lipinski definition) is 1. The van der Waals surface area contributed by atoms with Crippen molar-refractivity contribution in [3.05, 3.63) is 28.0 Å². The number of halogens is 2. The topological polar surface area (TPSA) is 38.4 Å². The molecule has 0 radical (unpaired) electrons. The molecule has 1 fully saturated rings. The van der Waals surface area contributed by atoms with E-state index < -0.39 is 0 Å². The van der Waals surface area contributed by atoms with Crippen molar-refractivity contribution < 1.29 is 4.39 Å². The van der Waals surface area contributed by atoms with Crippen molar-refractivity contribution >= 4 is 27.8 Å². The first-order chi connectivity index (χ1) is 8.66. The SMILES string of the molecule is Nc1c(F)cc(Br)cc1CN=CC1CCCCC1. The Morgan fingerprint density at radius 1 is 1.33 bits per heavy atom. The lowest BCUT2D eigenvalue weighted by molar-refractivity contribution is 0.444. The fourth-order valence-corrected chi connectivity index (χ4v) is 2.83. The van der Waals surface area contributed by atoms with Gasteiger partial charge in [-0.2, -0.15) is 0 Å². The molecule has 1 saturated carbocycles. The Balaban J connectivity index is 1.99. The highest BCUT2D eigenvalue weighted by molar-refractivity contribution is 9.10. The third-order valence-electron chi connectivity index (χ3n) is 3.41. The van der Waals surface area contributed by atoms with Crippen LogP contribution >= 0.6 is 15.9 Å². The zero-order valence-electron chi connectivity index (χ0n) is 10.3. The van der Waals surface area contributed by atoms with E-state index in [0.717, 1.165) is 5.56 Å². The number of hydrogen-bond acceptors (Lipinski definition) is 2. The smallest absolute Gasteiger partial charge is 0.147 e. The lowest BCUT2D eigenvalue weighted by atomic mass is 9.90. The zero-order valence-corrected chi connectivity index (χ0v) is 11.9. The maximum absolute atomic E-state index is 13.4. The van der Waals surface area contributed by atoms with Crippen molar-refractivity contribution in [1.82, 2.24) is 0 Å². The van der Waals surface area contributed by atoms with Crippen LogP contribution < -0.4 is 5.73 Å². The Morgan fingerprint density at radius 2 is 2.06 bits per heavy atom. The number of benzene rings is 1. The summed E-state index contributed by atoms with van der Waals surface area (Å²) >= 11 is 3.27. The zero-order chi connectivity index (χ0) is 13.0. The first kappa shape index (κ1) is 13.5. The molecule has 0 heterocycles. The molecule has 1 aromatic carbocycles. The summed E-state index contributed by atoms with van der Waals surface area (Å²) in [7, 11) is 0. The maximum Gasteiger partial charge on any atom is 0.147 e. The van der Waals surface area contributed by atoms with Gasteiger partial charge in [0.05, 0.1) is 12.2 Å². The molecule has 0 bridgehead atoms. The van der Waals surface area contributed by atoms with Crippen LogP contribution in [-0.4, -0.2) is 6.21 Å².